The van der Waals surface area contributed by atoms with Crippen LogP contribution in [0.5, 0.6) is 5.75 Å². The summed E-state index contributed by atoms with van der Waals surface area (Å²) in [6, 6.07) is 66.9. The second-order valence-corrected chi connectivity index (χ2v) is 15.6. The summed E-state index contributed by atoms with van der Waals surface area (Å²) >= 11 is 0. The Kier molecular flexibility index (Phi) is 6.87. The van der Waals surface area contributed by atoms with Crippen molar-refractivity contribution >= 4 is 87.5 Å². The second-order valence-electron chi connectivity index (χ2n) is 15.6. The molecule has 0 unspecified atom stereocenters. The number of methoxy groups -OCH3 is 1. The first-order valence-electron chi connectivity index (χ1n) is 20.3. The van der Waals surface area contributed by atoms with Crippen LogP contribution >= 0.6 is 0 Å². The van der Waals surface area contributed by atoms with E-state index in [1.165, 1.54) is 43.6 Å². The molecule has 13 rings (SSSR count). The number of hydrogen-bond donors (Lipinski definition) is 0. The lowest BCUT2D eigenvalue weighted by Gasteiger charge is -2.13. The largest absolute Gasteiger partial charge is 0.497 e. The highest BCUT2D eigenvalue weighted by atomic mass is 16.5. The minimum Gasteiger partial charge on any atom is -0.497 e. The number of benzene rings is 9. The van der Waals surface area contributed by atoms with E-state index in [1.54, 1.807) is 7.11 Å². The van der Waals surface area contributed by atoms with Gasteiger partial charge in [0, 0.05) is 54.5 Å². The number of furan rings is 2. The molecule has 0 N–H and O–H groups in total. The van der Waals surface area contributed by atoms with Crippen molar-refractivity contribution in [3.63, 3.8) is 0 Å². The van der Waals surface area contributed by atoms with Crippen LogP contribution in [0.1, 0.15) is 0 Å². The number of para-hydroxylation sites is 4. The van der Waals surface area contributed by atoms with Gasteiger partial charge in [-0.15, -0.1) is 0 Å². The van der Waals surface area contributed by atoms with Crippen LogP contribution in [0.3, 0.4) is 0 Å². The summed E-state index contributed by atoms with van der Waals surface area (Å²) in [5.74, 6) is 0.796. The minimum absolute atomic E-state index is 0.796. The van der Waals surface area contributed by atoms with Gasteiger partial charge in [0.05, 0.1) is 29.2 Å². The number of nitrogens with zero attached hydrogens (tertiary/aromatic N) is 2. The molecular weight excluding hydrogens is 737 g/mol. The molecule has 60 heavy (non-hydrogen) atoms. The van der Waals surface area contributed by atoms with E-state index in [9.17, 15) is 0 Å². The van der Waals surface area contributed by atoms with Gasteiger partial charge in [0.25, 0.3) is 0 Å². The Balaban J connectivity index is 0.966. The van der Waals surface area contributed by atoms with Gasteiger partial charge in [-0.05, 0) is 119 Å². The van der Waals surface area contributed by atoms with Crippen LogP contribution in [0.25, 0.3) is 121 Å². The van der Waals surface area contributed by atoms with Crippen LogP contribution in [-0.4, -0.2) is 16.2 Å². The first-order chi connectivity index (χ1) is 29.7. The lowest BCUT2D eigenvalue weighted by atomic mass is 9.92. The molecule has 282 valence electrons. The van der Waals surface area contributed by atoms with Crippen LogP contribution in [0.4, 0.5) is 0 Å². The molecule has 5 heteroatoms. The van der Waals surface area contributed by atoms with Gasteiger partial charge in [-0.2, -0.15) is 0 Å². The maximum atomic E-state index is 6.47. The second kappa shape index (κ2) is 12.5. The number of fused-ring (bicyclic) bond motifs is 12. The summed E-state index contributed by atoms with van der Waals surface area (Å²) < 4.78 is 23.5. The zero-order valence-electron chi connectivity index (χ0n) is 32.5. The van der Waals surface area contributed by atoms with Crippen molar-refractivity contribution in [1.82, 2.24) is 9.13 Å². The van der Waals surface area contributed by atoms with E-state index < -0.39 is 0 Å². The van der Waals surface area contributed by atoms with Crippen LogP contribution in [0, 0.1) is 0 Å². The van der Waals surface area contributed by atoms with Gasteiger partial charge in [-0.25, -0.2) is 0 Å². The highest BCUT2D eigenvalue weighted by Gasteiger charge is 2.19. The molecule has 0 fully saturated rings. The number of aromatic nitrogens is 2. The first kappa shape index (κ1) is 33.0. The molecule has 0 amide bonds. The maximum absolute atomic E-state index is 6.47. The summed E-state index contributed by atoms with van der Waals surface area (Å²) in [5, 5.41) is 9.24. The van der Waals surface area contributed by atoms with Crippen molar-refractivity contribution in [3.8, 4) is 39.4 Å². The molecule has 0 saturated heterocycles. The van der Waals surface area contributed by atoms with E-state index in [4.69, 9.17) is 13.6 Å². The highest BCUT2D eigenvalue weighted by molar-refractivity contribution is 6.13. The fraction of sp³-hybridized carbons (Fsp3) is 0.0182. The Morgan fingerprint density at radius 2 is 0.717 bits per heavy atom. The van der Waals surface area contributed by atoms with Gasteiger partial charge in [0.2, 0.25) is 0 Å². The van der Waals surface area contributed by atoms with Gasteiger partial charge in [0.1, 0.15) is 28.1 Å². The fourth-order valence-corrected chi connectivity index (χ4v) is 9.69. The first-order valence-corrected chi connectivity index (χ1v) is 20.3. The Labute approximate surface area is 343 Å². The molecule has 0 spiro atoms. The molecule has 13 aromatic rings. The Morgan fingerprint density at radius 3 is 1.15 bits per heavy atom. The molecular formula is C55H34N2O3. The summed E-state index contributed by atoms with van der Waals surface area (Å²) in [4.78, 5) is 0. The lowest BCUT2D eigenvalue weighted by Crippen LogP contribution is -1.93. The van der Waals surface area contributed by atoms with E-state index in [-0.39, 0.29) is 0 Å². The smallest absolute Gasteiger partial charge is 0.135 e. The predicted octanol–water partition coefficient (Wildman–Crippen LogP) is 15.0. The predicted molar refractivity (Wildman–Crippen MR) is 247 cm³/mol. The molecule has 0 atom stereocenters. The molecule has 0 aliphatic rings. The van der Waals surface area contributed by atoms with Crippen LogP contribution in [0.2, 0.25) is 0 Å². The molecule has 4 heterocycles. The van der Waals surface area contributed by atoms with Crippen molar-refractivity contribution in [2.75, 3.05) is 7.11 Å². The molecule has 0 bridgehead atoms. The summed E-state index contributed by atoms with van der Waals surface area (Å²) in [6.07, 6.45) is 0. The van der Waals surface area contributed by atoms with E-state index in [1.807, 2.05) is 6.07 Å². The number of rotatable bonds is 5. The van der Waals surface area contributed by atoms with Gasteiger partial charge in [-0.3, -0.25) is 0 Å². The van der Waals surface area contributed by atoms with E-state index in [2.05, 4.69) is 191 Å². The van der Waals surface area contributed by atoms with Gasteiger partial charge < -0.3 is 22.7 Å². The number of ether oxygens (including phenoxy) is 1. The molecule has 0 radical (unpaired) electrons. The van der Waals surface area contributed by atoms with Crippen molar-refractivity contribution in [2.45, 2.75) is 0 Å². The molecule has 0 aliphatic heterocycles. The van der Waals surface area contributed by atoms with Gasteiger partial charge in [0.15, 0.2) is 0 Å². The Bertz CT molecular complexity index is 3790. The van der Waals surface area contributed by atoms with E-state index in [0.717, 1.165) is 83.3 Å². The standard InChI is InChI=1S/C55H34N2O3/c1-58-37-22-23-38(33-18-24-52-44(28-33)46-30-35(20-26-54(46)59-52)56-48-14-6-2-10-39(48)40-11-3-7-15-49(40)56)43(32-37)34-19-25-53-45(29-34)47-31-36(21-27-55(47)60-53)57-50-16-8-4-12-41(50)42-13-5-9-17-51(42)57/h2-32H,1H3. The normalized spacial score (nSPS) is 12.1. The average molecular weight is 771 g/mol. The molecule has 9 aromatic carbocycles. The van der Waals surface area contributed by atoms with Crippen molar-refractivity contribution in [1.29, 1.82) is 0 Å². The third-order valence-electron chi connectivity index (χ3n) is 12.4. The summed E-state index contributed by atoms with van der Waals surface area (Å²) in [6.45, 7) is 0. The third-order valence-corrected chi connectivity index (χ3v) is 12.4. The van der Waals surface area contributed by atoms with E-state index >= 15 is 0 Å². The fourth-order valence-electron chi connectivity index (χ4n) is 9.69. The zero-order valence-corrected chi connectivity index (χ0v) is 32.5. The topological polar surface area (TPSA) is 45.4 Å². The molecule has 4 aromatic heterocycles. The zero-order chi connectivity index (χ0) is 39.5. The van der Waals surface area contributed by atoms with Crippen LogP contribution in [-0.2, 0) is 0 Å². The monoisotopic (exact) mass is 770 g/mol. The molecule has 0 aliphatic carbocycles. The van der Waals surface area contributed by atoms with Gasteiger partial charge in [-0.1, -0.05) is 91.0 Å². The van der Waals surface area contributed by atoms with Crippen LogP contribution in [0.15, 0.2) is 197 Å². The third kappa shape index (κ3) is 4.74. The van der Waals surface area contributed by atoms with E-state index in [0.29, 0.717) is 0 Å². The Morgan fingerprint density at radius 1 is 0.333 bits per heavy atom. The lowest BCUT2D eigenvalue weighted by molar-refractivity contribution is 0.415. The summed E-state index contributed by atoms with van der Waals surface area (Å²) in [5.41, 5.74) is 14.7. The summed E-state index contributed by atoms with van der Waals surface area (Å²) in [7, 11) is 1.72. The van der Waals surface area contributed by atoms with Crippen LogP contribution < -0.4 is 4.74 Å². The number of hydrogen-bond acceptors (Lipinski definition) is 3. The Hall–Kier alpha value is -8.02. The van der Waals surface area contributed by atoms with Crippen molar-refractivity contribution < 1.29 is 13.6 Å². The average Bonchev–Trinajstić information content (AvgIpc) is 4.05. The van der Waals surface area contributed by atoms with Crippen molar-refractivity contribution in [2.24, 2.45) is 0 Å². The van der Waals surface area contributed by atoms with Crippen molar-refractivity contribution in [3.05, 3.63) is 188 Å². The maximum Gasteiger partial charge on any atom is 0.135 e. The minimum atomic E-state index is 0.796. The van der Waals surface area contributed by atoms with Gasteiger partial charge >= 0.3 is 0 Å². The SMILES string of the molecule is COc1ccc(-c2ccc3oc4ccc(-n5c6ccccc6c6ccccc65)cc4c3c2)c(-c2ccc3oc4ccc(-n5c6ccccc6c6ccccc65)cc4c3c2)c1. The quantitative estimate of drug-likeness (QED) is 0.175. The highest BCUT2D eigenvalue weighted by Crippen LogP contribution is 2.42. The molecule has 5 nitrogen and oxygen atoms in total. The molecule has 0 saturated carbocycles.